The van der Waals surface area contributed by atoms with E-state index in [2.05, 4.69) is 53.2 Å². The molecule has 0 saturated carbocycles. The zero-order chi connectivity index (χ0) is 21.8. The van der Waals surface area contributed by atoms with Crippen molar-refractivity contribution in [1.29, 1.82) is 0 Å². The van der Waals surface area contributed by atoms with Crippen molar-refractivity contribution in [2.45, 2.75) is 34.2 Å². The third-order valence-corrected chi connectivity index (χ3v) is 4.86. The van der Waals surface area contributed by atoms with E-state index in [-0.39, 0.29) is 13.2 Å². The van der Waals surface area contributed by atoms with Crippen LogP contribution in [-0.4, -0.2) is 51.9 Å². The smallest absolute Gasteiger partial charge is 0.229 e. The van der Waals surface area contributed by atoms with Crippen LogP contribution in [0.1, 0.15) is 27.8 Å². The molecule has 0 unspecified atom stereocenters. The number of anilines is 2. The number of nitrogens with zero attached hydrogens (tertiary/aromatic N) is 4. The van der Waals surface area contributed by atoms with E-state index in [1.54, 1.807) is 0 Å². The van der Waals surface area contributed by atoms with Gasteiger partial charge in [-0.3, -0.25) is 0 Å². The molecule has 0 atom stereocenters. The zero-order valence-corrected chi connectivity index (χ0v) is 18.7. The molecule has 3 rings (SSSR count). The quantitative estimate of drug-likeness (QED) is 0.591. The lowest BCUT2D eigenvalue weighted by molar-refractivity contribution is 0.200. The molecule has 160 valence electrons. The van der Waals surface area contributed by atoms with Crippen LogP contribution < -0.4 is 10.1 Å². The van der Waals surface area contributed by atoms with Crippen molar-refractivity contribution < 1.29 is 9.84 Å². The Hall–Kier alpha value is -2.90. The maximum absolute atomic E-state index is 9.00. The molecule has 2 N–H and O–H groups in total. The van der Waals surface area contributed by atoms with Gasteiger partial charge in [0, 0.05) is 36.4 Å². The second-order valence-corrected chi connectivity index (χ2v) is 7.95. The van der Waals surface area contributed by atoms with Gasteiger partial charge >= 0.3 is 0 Å². The lowest BCUT2D eigenvalue weighted by atomic mass is 10.1. The maximum atomic E-state index is 9.00. The maximum Gasteiger partial charge on any atom is 0.229 e. The molecule has 0 aliphatic heterocycles. The molecule has 0 aliphatic rings. The van der Waals surface area contributed by atoms with Gasteiger partial charge in [-0.25, -0.2) is 4.98 Å². The minimum Gasteiger partial charge on any atom is -0.491 e. The van der Waals surface area contributed by atoms with Crippen molar-refractivity contribution in [3.05, 3.63) is 58.5 Å². The van der Waals surface area contributed by atoms with Gasteiger partial charge in [0.05, 0.1) is 6.61 Å². The van der Waals surface area contributed by atoms with Crippen molar-refractivity contribution in [2.75, 3.05) is 32.6 Å². The summed E-state index contributed by atoms with van der Waals surface area (Å²) < 4.78 is 7.71. The second kappa shape index (κ2) is 9.28. The highest BCUT2D eigenvalue weighted by atomic mass is 16.5. The second-order valence-electron chi connectivity index (χ2n) is 7.95. The number of benzene rings is 1. The van der Waals surface area contributed by atoms with Gasteiger partial charge in [0.25, 0.3) is 0 Å². The van der Waals surface area contributed by atoms with E-state index < -0.39 is 0 Å². The average Bonchev–Trinajstić information content (AvgIpc) is 3.02. The van der Waals surface area contributed by atoms with E-state index in [0.717, 1.165) is 40.5 Å². The van der Waals surface area contributed by atoms with Crippen LogP contribution in [0.3, 0.4) is 0 Å². The molecule has 3 aromatic rings. The fraction of sp³-hybridized carbons (Fsp3) is 0.391. The van der Waals surface area contributed by atoms with Crippen LogP contribution in [0.2, 0.25) is 0 Å². The van der Waals surface area contributed by atoms with Gasteiger partial charge in [0.1, 0.15) is 18.2 Å². The number of hydrogen-bond donors (Lipinski definition) is 2. The van der Waals surface area contributed by atoms with E-state index in [0.29, 0.717) is 5.95 Å². The standard InChI is InChI=1S/C23H31N5O2/c1-15-9-20(10-16(2)21(15)30-8-7-29)25-23-24-11-17(3)22(26-23)28-12-18(4)19(14-28)13-27(5)6/h9-12,14,29H,7-8,13H2,1-6H3,(H,24,25,26). The monoisotopic (exact) mass is 409 g/mol. The molecule has 0 fully saturated rings. The summed E-state index contributed by atoms with van der Waals surface area (Å²) in [5, 5.41) is 12.3. The van der Waals surface area contributed by atoms with Crippen LogP contribution in [0, 0.1) is 27.7 Å². The minimum atomic E-state index is -0.00596. The lowest BCUT2D eigenvalue weighted by Crippen LogP contribution is -2.10. The van der Waals surface area contributed by atoms with Crippen LogP contribution in [0.25, 0.3) is 5.82 Å². The number of nitrogens with one attached hydrogen (secondary N) is 1. The molecule has 0 amide bonds. The average molecular weight is 410 g/mol. The number of hydrogen-bond acceptors (Lipinski definition) is 6. The summed E-state index contributed by atoms with van der Waals surface area (Å²) >= 11 is 0. The van der Waals surface area contributed by atoms with E-state index in [4.69, 9.17) is 14.8 Å². The largest absolute Gasteiger partial charge is 0.491 e. The predicted molar refractivity (Wildman–Crippen MR) is 120 cm³/mol. The Labute approximate surface area is 178 Å². The highest BCUT2D eigenvalue weighted by Gasteiger charge is 2.12. The number of aryl methyl sites for hydroxylation is 4. The molecule has 2 aromatic heterocycles. The van der Waals surface area contributed by atoms with Crippen LogP contribution in [0.5, 0.6) is 5.75 Å². The molecule has 7 heteroatoms. The Balaban J connectivity index is 1.87. The molecule has 7 nitrogen and oxygen atoms in total. The Morgan fingerprint density at radius 2 is 1.73 bits per heavy atom. The number of aliphatic hydroxyl groups is 1. The Morgan fingerprint density at radius 3 is 2.37 bits per heavy atom. The first kappa shape index (κ1) is 21.8. The summed E-state index contributed by atoms with van der Waals surface area (Å²) in [6.07, 6.45) is 6.08. The van der Waals surface area contributed by atoms with E-state index in [1.807, 2.05) is 39.1 Å². The van der Waals surface area contributed by atoms with Gasteiger partial charge in [0.15, 0.2) is 0 Å². The molecule has 0 saturated heterocycles. The van der Waals surface area contributed by atoms with Crippen LogP contribution in [-0.2, 0) is 6.54 Å². The highest BCUT2D eigenvalue weighted by molar-refractivity contribution is 5.60. The summed E-state index contributed by atoms with van der Waals surface area (Å²) in [6, 6.07) is 4.00. The highest BCUT2D eigenvalue weighted by Crippen LogP contribution is 2.28. The Morgan fingerprint density at radius 1 is 1.03 bits per heavy atom. The molecule has 1 aromatic carbocycles. The fourth-order valence-corrected chi connectivity index (χ4v) is 3.51. The summed E-state index contributed by atoms with van der Waals surface area (Å²) in [6.45, 7) is 9.28. The lowest BCUT2D eigenvalue weighted by Gasteiger charge is -2.15. The normalized spacial score (nSPS) is 11.2. The van der Waals surface area contributed by atoms with Crippen molar-refractivity contribution in [3.63, 3.8) is 0 Å². The van der Waals surface area contributed by atoms with E-state index in [1.165, 1.54) is 11.1 Å². The number of aromatic nitrogens is 3. The van der Waals surface area contributed by atoms with Crippen molar-refractivity contribution in [2.24, 2.45) is 0 Å². The summed E-state index contributed by atoms with van der Waals surface area (Å²) in [4.78, 5) is 11.4. The van der Waals surface area contributed by atoms with Crippen molar-refractivity contribution in [1.82, 2.24) is 19.4 Å². The summed E-state index contributed by atoms with van der Waals surface area (Å²) in [7, 11) is 4.14. The molecule has 0 aliphatic carbocycles. The molecular formula is C23H31N5O2. The number of rotatable bonds is 8. The molecule has 0 radical (unpaired) electrons. The Bertz CT molecular complexity index is 1000. The van der Waals surface area contributed by atoms with E-state index >= 15 is 0 Å². The SMILES string of the molecule is Cc1cn(-c2nc(Nc3cc(C)c(OCCO)c(C)c3)ncc2C)cc1CN(C)C. The fourth-order valence-electron chi connectivity index (χ4n) is 3.51. The van der Waals surface area contributed by atoms with Crippen molar-refractivity contribution >= 4 is 11.6 Å². The molecule has 0 spiro atoms. The first-order valence-corrected chi connectivity index (χ1v) is 10.1. The van der Waals surface area contributed by atoms with Crippen molar-refractivity contribution in [3.8, 4) is 11.6 Å². The topological polar surface area (TPSA) is 75.4 Å². The van der Waals surface area contributed by atoms with Crippen LogP contribution in [0.15, 0.2) is 30.7 Å². The minimum absolute atomic E-state index is 0.00596. The third kappa shape index (κ3) is 4.98. The molecule has 2 heterocycles. The Kier molecular flexibility index (Phi) is 6.74. The van der Waals surface area contributed by atoms with Gasteiger partial charge in [0.2, 0.25) is 5.95 Å². The van der Waals surface area contributed by atoms with Crippen LogP contribution in [0.4, 0.5) is 11.6 Å². The number of aliphatic hydroxyl groups excluding tert-OH is 1. The molecule has 30 heavy (non-hydrogen) atoms. The molecule has 0 bridgehead atoms. The summed E-state index contributed by atoms with van der Waals surface area (Å²) in [5.41, 5.74) is 6.40. The zero-order valence-electron chi connectivity index (χ0n) is 18.7. The predicted octanol–water partition coefficient (Wildman–Crippen LogP) is 3.68. The summed E-state index contributed by atoms with van der Waals surface area (Å²) in [5.74, 6) is 2.20. The van der Waals surface area contributed by atoms with Gasteiger partial charge in [-0.15, -0.1) is 0 Å². The first-order chi connectivity index (χ1) is 14.3. The van der Waals surface area contributed by atoms with Crippen LogP contribution >= 0.6 is 0 Å². The first-order valence-electron chi connectivity index (χ1n) is 10.1. The molecular weight excluding hydrogens is 378 g/mol. The van der Waals surface area contributed by atoms with Gasteiger partial charge in [-0.2, -0.15) is 4.98 Å². The number of ether oxygens (including phenoxy) is 1. The van der Waals surface area contributed by atoms with Gasteiger partial charge < -0.3 is 24.6 Å². The van der Waals surface area contributed by atoms with Gasteiger partial charge in [-0.05, 0) is 76.2 Å². The van der Waals surface area contributed by atoms with Gasteiger partial charge in [-0.1, -0.05) is 0 Å². The third-order valence-electron chi connectivity index (χ3n) is 4.86. The van der Waals surface area contributed by atoms with E-state index in [9.17, 15) is 0 Å².